The number of esters is 1. The Labute approximate surface area is 199 Å². The van der Waals surface area contributed by atoms with Crippen molar-refractivity contribution in [2.24, 2.45) is 7.05 Å². The minimum atomic E-state index is -0.522. The summed E-state index contributed by atoms with van der Waals surface area (Å²) in [5.41, 5.74) is 2.76. The van der Waals surface area contributed by atoms with Gasteiger partial charge >= 0.3 is 5.97 Å². The molecule has 0 radical (unpaired) electrons. The van der Waals surface area contributed by atoms with Crippen molar-refractivity contribution >= 4 is 40.0 Å². The van der Waals surface area contributed by atoms with Gasteiger partial charge in [-0.25, -0.2) is 4.79 Å². The van der Waals surface area contributed by atoms with Crippen molar-refractivity contribution in [3.8, 4) is 5.95 Å². The van der Waals surface area contributed by atoms with Crippen LogP contribution < -0.4 is 15.1 Å². The summed E-state index contributed by atoms with van der Waals surface area (Å²) in [6.45, 7) is 2.04. The molecule has 2 heterocycles. The molecule has 1 aliphatic carbocycles. The number of hydrogen-bond acceptors (Lipinski definition) is 8. The molecule has 1 aromatic carbocycles. The fourth-order valence-electron chi connectivity index (χ4n) is 3.99. The zero-order valence-corrected chi connectivity index (χ0v) is 20.1. The van der Waals surface area contributed by atoms with Gasteiger partial charge in [-0.05, 0) is 43.2 Å². The molecule has 1 N–H and O–H groups in total. The molecule has 2 aromatic heterocycles. The lowest BCUT2D eigenvalue weighted by molar-refractivity contribution is -0.772. The molecule has 0 saturated heterocycles. The van der Waals surface area contributed by atoms with Crippen molar-refractivity contribution in [3.05, 3.63) is 51.9 Å². The third-order valence-corrected chi connectivity index (χ3v) is 7.83. The number of aryl methyl sites for hydroxylation is 1. The molecule has 1 unspecified atom stereocenters. The normalized spacial score (nSPS) is 15.2. The number of thiophene rings is 1. The van der Waals surface area contributed by atoms with Gasteiger partial charge in [0.25, 0.3) is 5.03 Å². The summed E-state index contributed by atoms with van der Waals surface area (Å²) in [5, 5.41) is 19.0. The van der Waals surface area contributed by atoms with Gasteiger partial charge in [0.15, 0.2) is 13.0 Å². The fourth-order valence-corrected chi connectivity index (χ4v) is 6.18. The van der Waals surface area contributed by atoms with Crippen LogP contribution in [0.25, 0.3) is 0 Å². The predicted molar refractivity (Wildman–Crippen MR) is 123 cm³/mol. The summed E-state index contributed by atoms with van der Waals surface area (Å²) < 4.78 is 11.2. The van der Waals surface area contributed by atoms with E-state index >= 15 is 0 Å². The largest absolute Gasteiger partial charge is 0.538 e. The molecule has 0 fully saturated rings. The molecule has 1 amide bonds. The maximum Gasteiger partial charge on any atom is 0.341 e. The summed E-state index contributed by atoms with van der Waals surface area (Å²) in [5.74, 6) is -0.376. The quantitative estimate of drug-likeness (QED) is 0.295. The van der Waals surface area contributed by atoms with Crippen LogP contribution in [0.1, 0.15) is 52.0 Å². The van der Waals surface area contributed by atoms with Gasteiger partial charge in [-0.15, -0.1) is 11.3 Å². The Balaban J connectivity index is 1.48. The second-order valence-corrected chi connectivity index (χ2v) is 9.90. The third kappa shape index (κ3) is 5.22. The first-order chi connectivity index (χ1) is 16.0. The van der Waals surface area contributed by atoms with Gasteiger partial charge in [0.1, 0.15) is 5.00 Å². The lowest BCUT2D eigenvalue weighted by Crippen LogP contribution is -2.32. The minimum absolute atomic E-state index is 0.173. The Morgan fingerprint density at radius 3 is 2.85 bits per heavy atom. The van der Waals surface area contributed by atoms with E-state index in [1.807, 2.05) is 18.2 Å². The first-order valence-corrected chi connectivity index (χ1v) is 12.6. The molecule has 8 nitrogen and oxygen atoms in total. The van der Waals surface area contributed by atoms with Crippen LogP contribution in [0, 0.1) is 0 Å². The second kappa shape index (κ2) is 10.4. The molecule has 1 atom stereocenters. The van der Waals surface area contributed by atoms with Crippen LogP contribution in [0.4, 0.5) is 5.00 Å². The van der Waals surface area contributed by atoms with Crippen LogP contribution in [0.5, 0.6) is 5.95 Å². The van der Waals surface area contributed by atoms with Gasteiger partial charge in [0.05, 0.1) is 17.4 Å². The molecule has 1 aliphatic rings. The average molecular weight is 488 g/mol. The van der Waals surface area contributed by atoms with E-state index in [0.29, 0.717) is 27.3 Å². The van der Waals surface area contributed by atoms with Gasteiger partial charge < -0.3 is 19.7 Å². The summed E-state index contributed by atoms with van der Waals surface area (Å²) in [4.78, 5) is 26.5. The monoisotopic (exact) mass is 487 g/mol. The third-order valence-electron chi connectivity index (χ3n) is 5.55. The van der Waals surface area contributed by atoms with Gasteiger partial charge in [-0.3, -0.25) is 4.79 Å². The van der Waals surface area contributed by atoms with Gasteiger partial charge in [0, 0.05) is 17.1 Å². The number of fused-ring (bicyclic) bond motifs is 1. The van der Waals surface area contributed by atoms with E-state index in [4.69, 9.17) is 4.74 Å². The standard InChI is InChI=1S/C23H25N3O5S2/c1-3-30-22(28)19-16-10-9-15(14-7-5-4-6-8-14)13-17(16)33-20(19)24-18(27)11-12-32-21-23(29)31-25-26(21)2/h4-8,15H,3,9-13H2,1-2H3,(H-,24,25,27,28,29). The van der Waals surface area contributed by atoms with E-state index in [1.54, 1.807) is 14.0 Å². The van der Waals surface area contributed by atoms with Crippen molar-refractivity contribution in [3.63, 3.8) is 0 Å². The number of nitrogens with one attached hydrogen (secondary N) is 1. The van der Waals surface area contributed by atoms with Crippen LogP contribution in [0.3, 0.4) is 0 Å². The predicted octanol–water partition coefficient (Wildman–Crippen LogP) is 3.20. The highest BCUT2D eigenvalue weighted by atomic mass is 32.2. The molecule has 0 bridgehead atoms. The molecule has 4 rings (SSSR count). The maximum absolute atomic E-state index is 12.8. The number of rotatable bonds is 8. The molecule has 3 aromatic rings. The van der Waals surface area contributed by atoms with E-state index in [0.717, 1.165) is 29.7 Å². The number of benzene rings is 1. The van der Waals surface area contributed by atoms with Crippen molar-refractivity contribution in [2.45, 2.75) is 43.6 Å². The number of ether oxygens (including phenoxy) is 1. The Kier molecular flexibility index (Phi) is 7.34. The number of carbonyl (C=O) groups excluding carboxylic acids is 2. The Morgan fingerprint density at radius 1 is 1.36 bits per heavy atom. The van der Waals surface area contributed by atoms with E-state index in [9.17, 15) is 14.7 Å². The Hall–Kier alpha value is -2.85. The summed E-state index contributed by atoms with van der Waals surface area (Å²) >= 11 is 2.67. The van der Waals surface area contributed by atoms with E-state index < -0.39 is 11.9 Å². The summed E-state index contributed by atoms with van der Waals surface area (Å²) in [7, 11) is 1.61. The van der Waals surface area contributed by atoms with Crippen LogP contribution in [-0.4, -0.2) is 29.5 Å². The Bertz CT molecular complexity index is 1120. The Morgan fingerprint density at radius 2 is 2.15 bits per heavy atom. The number of nitrogens with zero attached hydrogens (tertiary/aromatic N) is 2. The lowest BCUT2D eigenvalue weighted by atomic mass is 9.83. The van der Waals surface area contributed by atoms with Crippen LogP contribution in [0.15, 0.2) is 39.9 Å². The van der Waals surface area contributed by atoms with E-state index in [2.05, 4.69) is 27.2 Å². The summed E-state index contributed by atoms with van der Waals surface area (Å²) in [6, 6.07) is 10.4. The molecule has 174 valence electrons. The van der Waals surface area contributed by atoms with Crippen LogP contribution in [-0.2, 0) is 29.4 Å². The van der Waals surface area contributed by atoms with Crippen LogP contribution in [0.2, 0.25) is 0 Å². The number of hydrogen-bond donors (Lipinski definition) is 1. The lowest BCUT2D eigenvalue weighted by Gasteiger charge is -2.23. The minimum Gasteiger partial charge on any atom is -0.538 e. The number of amides is 1. The van der Waals surface area contributed by atoms with Crippen molar-refractivity contribution < 1.29 is 28.6 Å². The van der Waals surface area contributed by atoms with Gasteiger partial charge in [0.2, 0.25) is 5.91 Å². The van der Waals surface area contributed by atoms with Crippen molar-refractivity contribution in [1.82, 2.24) is 5.27 Å². The highest BCUT2D eigenvalue weighted by molar-refractivity contribution is 7.99. The zero-order chi connectivity index (χ0) is 23.4. The molecular weight excluding hydrogens is 462 g/mol. The van der Waals surface area contributed by atoms with E-state index in [-0.39, 0.29) is 18.9 Å². The highest BCUT2D eigenvalue weighted by Gasteiger charge is 2.31. The fraction of sp³-hybridized carbons (Fsp3) is 0.391. The molecule has 0 aliphatic heterocycles. The number of carbonyl (C=O) groups is 2. The molecule has 33 heavy (non-hydrogen) atoms. The van der Waals surface area contributed by atoms with Crippen LogP contribution >= 0.6 is 23.1 Å². The van der Waals surface area contributed by atoms with Crippen molar-refractivity contribution in [1.29, 1.82) is 0 Å². The second-order valence-electron chi connectivity index (χ2n) is 7.71. The molecule has 0 spiro atoms. The molecular formula is C23H25N3O5S2. The molecule has 10 heteroatoms. The number of aromatic nitrogens is 2. The average Bonchev–Trinajstić information content (AvgIpc) is 3.33. The van der Waals surface area contributed by atoms with Crippen molar-refractivity contribution in [2.75, 3.05) is 17.7 Å². The van der Waals surface area contributed by atoms with Gasteiger partial charge in [-0.1, -0.05) is 46.8 Å². The SMILES string of the molecule is CCOC(=O)c1c(NC(=O)CCSc2c([O-])on[n+]2C)sc2c1CCC(c1ccccc1)C2. The zero-order valence-electron chi connectivity index (χ0n) is 18.5. The number of anilines is 1. The highest BCUT2D eigenvalue weighted by Crippen LogP contribution is 2.42. The van der Waals surface area contributed by atoms with E-state index in [1.165, 1.54) is 33.3 Å². The number of thioether (sulfide) groups is 1. The first-order valence-electron chi connectivity index (χ1n) is 10.8. The first kappa shape index (κ1) is 23.3. The summed E-state index contributed by atoms with van der Waals surface area (Å²) in [6.07, 6.45) is 2.71. The smallest absolute Gasteiger partial charge is 0.341 e. The molecule has 0 saturated carbocycles. The maximum atomic E-state index is 12.8. The van der Waals surface area contributed by atoms with Gasteiger partial charge in [-0.2, -0.15) is 0 Å². The topological polar surface area (TPSA) is 108 Å².